The fourth-order valence-electron chi connectivity index (χ4n) is 8.64. The summed E-state index contributed by atoms with van der Waals surface area (Å²) in [7, 11) is 0. The summed E-state index contributed by atoms with van der Waals surface area (Å²) in [5, 5.41) is 2.99. The van der Waals surface area contributed by atoms with Crippen LogP contribution >= 0.6 is 11.3 Å². The molecule has 0 saturated carbocycles. The third-order valence-electron chi connectivity index (χ3n) is 11.6. The summed E-state index contributed by atoms with van der Waals surface area (Å²) in [5.41, 5.74) is 19.8. The molecule has 0 unspecified atom stereocenters. The molecule has 282 valence electrons. The van der Waals surface area contributed by atoms with Gasteiger partial charge < -0.3 is 10.2 Å². The van der Waals surface area contributed by atoms with Crippen LogP contribution in [0.3, 0.4) is 0 Å². The minimum absolute atomic E-state index is 0.132. The standard InChI is InChI=1S/C52H37N5OS/c1-52(2)40-21-11-9-18-35(40)36-26-24-33(28-41(36)52)46-48-47(38-19-10-12-23-44(38)59-48)56-50(55-46)34-25-27-37-43(29-34)58-42-22-13-20-39(45(37)42)51(54-30-31-14-5-3-6-15-31)57-49(53)32-16-7-4-8-17-32/h3-29H,30H2,1-2H3,(H2,53,54,57). The first kappa shape index (κ1) is 35.0. The predicted molar refractivity (Wildman–Crippen MR) is 244 cm³/mol. The van der Waals surface area contributed by atoms with E-state index in [2.05, 4.69) is 111 Å². The van der Waals surface area contributed by atoms with Crippen LogP contribution in [-0.4, -0.2) is 21.6 Å². The minimum Gasteiger partial charge on any atom is -0.456 e. The van der Waals surface area contributed by atoms with E-state index >= 15 is 0 Å². The number of fused-ring (bicyclic) bond motifs is 9. The Bertz CT molecular complexity index is 3340. The summed E-state index contributed by atoms with van der Waals surface area (Å²) in [5.74, 6) is 1.58. The zero-order valence-corrected chi connectivity index (χ0v) is 33.3. The van der Waals surface area contributed by atoms with E-state index < -0.39 is 0 Å². The Hall–Kier alpha value is -7.22. The number of amidine groups is 2. The van der Waals surface area contributed by atoms with E-state index in [-0.39, 0.29) is 5.41 Å². The highest BCUT2D eigenvalue weighted by Crippen LogP contribution is 2.50. The van der Waals surface area contributed by atoms with E-state index in [1.807, 2.05) is 66.7 Å². The average molecular weight is 780 g/mol. The Labute approximate surface area is 345 Å². The Balaban J connectivity index is 1.06. The zero-order chi connectivity index (χ0) is 39.7. The fraction of sp³-hybridized carbons (Fsp3) is 0.0769. The molecule has 1 aliphatic rings. The molecule has 1 aliphatic carbocycles. The largest absolute Gasteiger partial charge is 0.456 e. The summed E-state index contributed by atoms with van der Waals surface area (Å²) in [6.45, 7) is 5.09. The van der Waals surface area contributed by atoms with Gasteiger partial charge in [0.05, 0.1) is 22.5 Å². The lowest BCUT2D eigenvalue weighted by Crippen LogP contribution is -2.16. The summed E-state index contributed by atoms with van der Waals surface area (Å²) in [6, 6.07) is 56.3. The van der Waals surface area contributed by atoms with E-state index in [1.165, 1.54) is 27.0 Å². The molecular weight excluding hydrogens is 743 g/mol. The second-order valence-corrected chi connectivity index (χ2v) is 16.6. The van der Waals surface area contributed by atoms with Crippen LogP contribution in [0, 0.1) is 0 Å². The Morgan fingerprint density at radius 2 is 1.41 bits per heavy atom. The van der Waals surface area contributed by atoms with Gasteiger partial charge in [-0.1, -0.05) is 147 Å². The van der Waals surface area contributed by atoms with Crippen molar-refractivity contribution in [3.63, 3.8) is 0 Å². The monoisotopic (exact) mass is 779 g/mol. The molecule has 3 aromatic heterocycles. The quantitative estimate of drug-likeness (QED) is 0.134. The molecule has 11 rings (SSSR count). The summed E-state index contributed by atoms with van der Waals surface area (Å²) >= 11 is 1.75. The average Bonchev–Trinajstić information content (AvgIpc) is 3.92. The molecule has 59 heavy (non-hydrogen) atoms. The van der Waals surface area contributed by atoms with Crippen LogP contribution in [0.2, 0.25) is 0 Å². The van der Waals surface area contributed by atoms with Crippen molar-refractivity contribution in [1.29, 1.82) is 0 Å². The highest BCUT2D eigenvalue weighted by Gasteiger charge is 2.35. The number of rotatable bonds is 6. The minimum atomic E-state index is -0.132. The molecule has 3 heterocycles. The van der Waals surface area contributed by atoms with Crippen molar-refractivity contribution in [2.24, 2.45) is 15.7 Å². The number of furan rings is 1. The normalized spacial score (nSPS) is 13.7. The maximum atomic E-state index is 6.63. The number of nitrogens with two attached hydrogens (primary N) is 1. The third kappa shape index (κ3) is 5.84. The SMILES string of the molecule is CC1(C)c2ccccc2-c2ccc(-c3nc(-c4ccc5c(c4)oc4cccc(C(N=C(N)c6ccccc6)=NCc6ccccc6)c45)nc4c3sc3ccccc34)cc21. The van der Waals surface area contributed by atoms with Crippen molar-refractivity contribution >= 4 is 65.2 Å². The molecule has 0 amide bonds. The van der Waals surface area contributed by atoms with Gasteiger partial charge in [0.2, 0.25) is 0 Å². The van der Waals surface area contributed by atoms with Gasteiger partial charge in [-0.15, -0.1) is 11.3 Å². The summed E-state index contributed by atoms with van der Waals surface area (Å²) in [4.78, 5) is 20.7. The van der Waals surface area contributed by atoms with E-state index in [4.69, 9.17) is 30.1 Å². The zero-order valence-electron chi connectivity index (χ0n) is 32.5. The number of nitrogens with zero attached hydrogens (tertiary/aromatic N) is 4. The first-order valence-corrected chi connectivity index (χ1v) is 20.6. The van der Waals surface area contributed by atoms with Crippen molar-refractivity contribution in [1.82, 2.24) is 9.97 Å². The fourth-order valence-corrected chi connectivity index (χ4v) is 9.79. The number of benzene rings is 7. The highest BCUT2D eigenvalue weighted by atomic mass is 32.1. The molecule has 10 aromatic rings. The van der Waals surface area contributed by atoms with E-state index in [0.29, 0.717) is 24.0 Å². The summed E-state index contributed by atoms with van der Waals surface area (Å²) < 4.78 is 8.90. The molecule has 0 saturated heterocycles. The number of thiophene rings is 1. The topological polar surface area (TPSA) is 89.7 Å². The first-order chi connectivity index (χ1) is 28.9. The molecule has 0 atom stereocenters. The number of aromatic nitrogens is 2. The Kier molecular flexibility index (Phi) is 8.13. The van der Waals surface area contributed by atoms with Gasteiger partial charge >= 0.3 is 0 Å². The molecule has 0 radical (unpaired) electrons. The number of hydrogen-bond acceptors (Lipinski definition) is 5. The van der Waals surface area contributed by atoms with Gasteiger partial charge in [-0.05, 0) is 58.1 Å². The second kappa shape index (κ2) is 13.7. The lowest BCUT2D eigenvalue weighted by atomic mass is 9.82. The van der Waals surface area contributed by atoms with E-state index in [9.17, 15) is 0 Å². The lowest BCUT2D eigenvalue weighted by molar-refractivity contribution is 0.660. The van der Waals surface area contributed by atoms with Crippen LogP contribution in [0.25, 0.3) is 76.0 Å². The van der Waals surface area contributed by atoms with Gasteiger partial charge in [0, 0.05) is 48.5 Å². The summed E-state index contributed by atoms with van der Waals surface area (Å²) in [6.07, 6.45) is 0. The van der Waals surface area contributed by atoms with Gasteiger partial charge in [0.1, 0.15) is 17.0 Å². The maximum Gasteiger partial charge on any atom is 0.160 e. The molecule has 0 fully saturated rings. The lowest BCUT2D eigenvalue weighted by Gasteiger charge is -2.22. The van der Waals surface area contributed by atoms with Crippen molar-refractivity contribution in [3.8, 4) is 33.8 Å². The van der Waals surface area contributed by atoms with Gasteiger partial charge in [-0.3, -0.25) is 4.99 Å². The van der Waals surface area contributed by atoms with Crippen LogP contribution < -0.4 is 5.73 Å². The van der Waals surface area contributed by atoms with Crippen LogP contribution in [0.15, 0.2) is 178 Å². The molecular formula is C52H37N5OS. The Morgan fingerprint density at radius 3 is 2.27 bits per heavy atom. The van der Waals surface area contributed by atoms with Gasteiger partial charge in [-0.2, -0.15) is 0 Å². The van der Waals surface area contributed by atoms with Crippen LogP contribution in [0.4, 0.5) is 0 Å². The van der Waals surface area contributed by atoms with Crippen molar-refractivity contribution in [3.05, 3.63) is 192 Å². The molecule has 0 aliphatic heterocycles. The highest BCUT2D eigenvalue weighted by molar-refractivity contribution is 7.26. The van der Waals surface area contributed by atoms with Gasteiger partial charge in [-0.25, -0.2) is 15.0 Å². The van der Waals surface area contributed by atoms with Crippen molar-refractivity contribution < 1.29 is 4.42 Å². The number of aliphatic imine (C=N–C) groups is 2. The van der Waals surface area contributed by atoms with Gasteiger partial charge in [0.15, 0.2) is 11.7 Å². The van der Waals surface area contributed by atoms with E-state index in [0.717, 1.165) is 71.1 Å². The van der Waals surface area contributed by atoms with Crippen LogP contribution in [0.1, 0.15) is 41.7 Å². The number of hydrogen-bond donors (Lipinski definition) is 1. The molecule has 0 spiro atoms. The third-order valence-corrected chi connectivity index (χ3v) is 12.8. The van der Waals surface area contributed by atoms with Crippen LogP contribution in [0.5, 0.6) is 0 Å². The smallest absolute Gasteiger partial charge is 0.160 e. The molecule has 6 nitrogen and oxygen atoms in total. The van der Waals surface area contributed by atoms with Crippen molar-refractivity contribution in [2.45, 2.75) is 25.8 Å². The molecule has 7 heteroatoms. The Morgan fingerprint density at radius 1 is 0.661 bits per heavy atom. The predicted octanol–water partition coefficient (Wildman–Crippen LogP) is 12.7. The maximum absolute atomic E-state index is 6.63. The second-order valence-electron chi connectivity index (χ2n) is 15.6. The molecule has 7 aromatic carbocycles. The van der Waals surface area contributed by atoms with Gasteiger partial charge in [0.25, 0.3) is 0 Å². The first-order valence-electron chi connectivity index (χ1n) is 19.8. The molecule has 0 bridgehead atoms. The molecule has 2 N–H and O–H groups in total. The van der Waals surface area contributed by atoms with Crippen LogP contribution in [-0.2, 0) is 12.0 Å². The van der Waals surface area contributed by atoms with E-state index in [1.54, 1.807) is 11.3 Å². The van der Waals surface area contributed by atoms with Crippen molar-refractivity contribution in [2.75, 3.05) is 0 Å².